The van der Waals surface area contributed by atoms with Crippen molar-refractivity contribution in [2.75, 3.05) is 0 Å². The number of nitrogens with two attached hydrogens (primary N) is 1. The van der Waals surface area contributed by atoms with Crippen molar-refractivity contribution in [2.45, 2.75) is 0 Å². The number of nitro groups is 1. The Morgan fingerprint density at radius 2 is 1.74 bits per heavy atom. The van der Waals surface area contributed by atoms with Crippen molar-refractivity contribution in [3.05, 3.63) is 64.2 Å². The van der Waals surface area contributed by atoms with Crippen LogP contribution in [0.15, 0.2) is 48.5 Å². The molecule has 0 saturated heterocycles. The molecule has 0 heterocycles. The van der Waals surface area contributed by atoms with E-state index in [1.54, 1.807) is 36.4 Å². The molecule has 2 aromatic rings. The molecule has 0 bridgehead atoms. The number of benzene rings is 2. The van der Waals surface area contributed by atoms with E-state index in [4.69, 9.17) is 5.84 Å². The number of amides is 1. The van der Waals surface area contributed by atoms with Gasteiger partial charge in [0, 0.05) is 17.7 Å². The Labute approximate surface area is 109 Å². The molecule has 0 aliphatic carbocycles. The molecule has 0 saturated carbocycles. The molecule has 3 N–H and O–H groups in total. The number of nitro benzene ring substituents is 1. The van der Waals surface area contributed by atoms with E-state index in [1.807, 2.05) is 0 Å². The van der Waals surface area contributed by atoms with Gasteiger partial charge in [0.25, 0.3) is 11.6 Å². The predicted octanol–water partition coefficient (Wildman–Crippen LogP) is 1.87. The highest BCUT2D eigenvalue weighted by Gasteiger charge is 2.12. The number of nitrogen functional groups attached to an aromatic ring is 1. The molecule has 19 heavy (non-hydrogen) atoms. The van der Waals surface area contributed by atoms with Crippen molar-refractivity contribution in [3.63, 3.8) is 0 Å². The molecule has 6 heteroatoms. The van der Waals surface area contributed by atoms with Gasteiger partial charge in [0.15, 0.2) is 0 Å². The molecular weight excluding hydrogens is 246 g/mol. The van der Waals surface area contributed by atoms with Crippen LogP contribution in [-0.2, 0) is 0 Å². The Hall–Kier alpha value is -2.73. The van der Waals surface area contributed by atoms with Crippen molar-refractivity contribution in [3.8, 4) is 11.1 Å². The Bertz CT molecular complexity index is 623. The fraction of sp³-hybridized carbons (Fsp3) is 0. The van der Waals surface area contributed by atoms with E-state index < -0.39 is 10.8 Å². The summed E-state index contributed by atoms with van der Waals surface area (Å²) in [6, 6.07) is 12.9. The minimum atomic E-state index is -0.470. The molecule has 96 valence electrons. The lowest BCUT2D eigenvalue weighted by Gasteiger charge is -2.07. The molecule has 1 amide bonds. The van der Waals surface area contributed by atoms with Gasteiger partial charge >= 0.3 is 0 Å². The first kappa shape index (κ1) is 12.7. The zero-order valence-electron chi connectivity index (χ0n) is 9.87. The molecule has 0 atom stereocenters. The molecular formula is C13H11N3O3. The zero-order valence-corrected chi connectivity index (χ0v) is 9.87. The summed E-state index contributed by atoms with van der Waals surface area (Å²) in [6.45, 7) is 0. The lowest BCUT2D eigenvalue weighted by atomic mass is 9.99. The maximum absolute atomic E-state index is 11.6. The first-order valence-corrected chi connectivity index (χ1v) is 5.48. The van der Waals surface area contributed by atoms with Crippen LogP contribution in [0.3, 0.4) is 0 Å². The molecule has 0 radical (unpaired) electrons. The van der Waals surface area contributed by atoms with Crippen LogP contribution in [0.1, 0.15) is 10.4 Å². The first-order chi connectivity index (χ1) is 9.13. The van der Waals surface area contributed by atoms with Crippen molar-refractivity contribution < 1.29 is 9.72 Å². The van der Waals surface area contributed by atoms with Crippen LogP contribution < -0.4 is 11.3 Å². The monoisotopic (exact) mass is 257 g/mol. The van der Waals surface area contributed by atoms with E-state index in [9.17, 15) is 14.9 Å². The number of carbonyl (C=O) groups is 1. The minimum absolute atomic E-state index is 0.00417. The quantitative estimate of drug-likeness (QED) is 0.379. The molecule has 0 aliphatic heterocycles. The molecule has 6 nitrogen and oxygen atoms in total. The standard InChI is InChI=1S/C13H11N3O3/c14-15-13(17)12-4-2-1-3-11(12)9-5-7-10(8-6-9)16(18)19/h1-8H,14H2,(H,15,17). The lowest BCUT2D eigenvalue weighted by Crippen LogP contribution is -2.30. The van der Waals surface area contributed by atoms with Gasteiger partial charge in [0.05, 0.1) is 4.92 Å². The Morgan fingerprint density at radius 1 is 1.11 bits per heavy atom. The second-order valence-electron chi connectivity index (χ2n) is 3.82. The summed E-state index contributed by atoms with van der Waals surface area (Å²) in [4.78, 5) is 21.8. The van der Waals surface area contributed by atoms with E-state index in [-0.39, 0.29) is 5.69 Å². The maximum atomic E-state index is 11.6. The van der Waals surface area contributed by atoms with Crippen LogP contribution >= 0.6 is 0 Å². The minimum Gasteiger partial charge on any atom is -0.290 e. The van der Waals surface area contributed by atoms with E-state index in [1.165, 1.54) is 12.1 Å². The van der Waals surface area contributed by atoms with Gasteiger partial charge in [0.1, 0.15) is 0 Å². The van der Waals surface area contributed by atoms with Crippen molar-refractivity contribution in [1.29, 1.82) is 0 Å². The van der Waals surface area contributed by atoms with Crippen LogP contribution in [0.2, 0.25) is 0 Å². The van der Waals surface area contributed by atoms with E-state index in [2.05, 4.69) is 5.43 Å². The number of non-ortho nitro benzene ring substituents is 1. The predicted molar refractivity (Wildman–Crippen MR) is 70.2 cm³/mol. The number of hydrogen-bond acceptors (Lipinski definition) is 4. The molecule has 0 aliphatic rings. The van der Waals surface area contributed by atoms with Gasteiger partial charge in [0.2, 0.25) is 0 Å². The number of nitrogens with one attached hydrogen (secondary N) is 1. The van der Waals surface area contributed by atoms with Crippen LogP contribution in [0.25, 0.3) is 11.1 Å². The smallest absolute Gasteiger partial charge is 0.269 e. The van der Waals surface area contributed by atoms with Gasteiger partial charge in [-0.3, -0.25) is 20.3 Å². The van der Waals surface area contributed by atoms with Crippen LogP contribution in [0, 0.1) is 10.1 Å². The third-order valence-corrected chi connectivity index (χ3v) is 2.69. The second-order valence-corrected chi connectivity index (χ2v) is 3.82. The fourth-order valence-corrected chi connectivity index (χ4v) is 1.77. The molecule has 0 unspecified atom stereocenters. The summed E-state index contributed by atoms with van der Waals surface area (Å²) in [5, 5.41) is 10.6. The summed E-state index contributed by atoms with van der Waals surface area (Å²) < 4.78 is 0. The highest BCUT2D eigenvalue weighted by atomic mass is 16.6. The van der Waals surface area contributed by atoms with Gasteiger partial charge in [-0.25, -0.2) is 5.84 Å². The Balaban J connectivity index is 2.47. The third-order valence-electron chi connectivity index (χ3n) is 2.69. The average Bonchev–Trinajstić information content (AvgIpc) is 2.46. The average molecular weight is 257 g/mol. The largest absolute Gasteiger partial charge is 0.290 e. The Kier molecular flexibility index (Phi) is 3.53. The first-order valence-electron chi connectivity index (χ1n) is 5.48. The summed E-state index contributed by atoms with van der Waals surface area (Å²) in [5.41, 5.74) is 3.87. The van der Waals surface area contributed by atoms with Gasteiger partial charge in [-0.05, 0) is 29.3 Å². The van der Waals surface area contributed by atoms with E-state index in [0.717, 1.165) is 0 Å². The summed E-state index contributed by atoms with van der Waals surface area (Å²) >= 11 is 0. The van der Waals surface area contributed by atoms with Crippen molar-refractivity contribution in [1.82, 2.24) is 5.43 Å². The summed E-state index contributed by atoms with van der Waals surface area (Å²) in [7, 11) is 0. The number of hydrazine groups is 1. The van der Waals surface area contributed by atoms with Crippen LogP contribution in [0.4, 0.5) is 5.69 Å². The third kappa shape index (κ3) is 2.58. The number of carbonyl (C=O) groups excluding carboxylic acids is 1. The molecule has 0 fully saturated rings. The van der Waals surface area contributed by atoms with Crippen molar-refractivity contribution in [2.24, 2.45) is 5.84 Å². The maximum Gasteiger partial charge on any atom is 0.269 e. The Morgan fingerprint density at radius 3 is 2.32 bits per heavy atom. The van der Waals surface area contributed by atoms with Gasteiger partial charge in [-0.15, -0.1) is 0 Å². The molecule has 2 aromatic carbocycles. The zero-order chi connectivity index (χ0) is 13.8. The van der Waals surface area contributed by atoms with Gasteiger partial charge in [-0.2, -0.15) is 0 Å². The number of nitrogens with zero attached hydrogens (tertiary/aromatic N) is 1. The molecule has 0 aromatic heterocycles. The van der Waals surface area contributed by atoms with Crippen LogP contribution in [-0.4, -0.2) is 10.8 Å². The normalized spacial score (nSPS) is 9.95. The fourth-order valence-electron chi connectivity index (χ4n) is 1.77. The molecule has 0 spiro atoms. The number of rotatable bonds is 3. The van der Waals surface area contributed by atoms with E-state index in [0.29, 0.717) is 16.7 Å². The van der Waals surface area contributed by atoms with Gasteiger partial charge in [-0.1, -0.05) is 18.2 Å². The van der Waals surface area contributed by atoms with Crippen molar-refractivity contribution >= 4 is 11.6 Å². The highest BCUT2D eigenvalue weighted by molar-refractivity contribution is 6.00. The topological polar surface area (TPSA) is 98.3 Å². The van der Waals surface area contributed by atoms with Gasteiger partial charge < -0.3 is 0 Å². The van der Waals surface area contributed by atoms with E-state index >= 15 is 0 Å². The summed E-state index contributed by atoms with van der Waals surface area (Å²) in [5.74, 6) is 4.72. The lowest BCUT2D eigenvalue weighted by molar-refractivity contribution is -0.384. The van der Waals surface area contributed by atoms with Crippen LogP contribution in [0.5, 0.6) is 0 Å². The number of hydrogen-bond donors (Lipinski definition) is 2. The second kappa shape index (κ2) is 5.28. The SMILES string of the molecule is NNC(=O)c1ccccc1-c1ccc([N+](=O)[O-])cc1. The molecule has 2 rings (SSSR count). The highest BCUT2D eigenvalue weighted by Crippen LogP contribution is 2.25. The summed E-state index contributed by atoms with van der Waals surface area (Å²) in [6.07, 6.45) is 0.